The molecule has 0 radical (unpaired) electrons. The first kappa shape index (κ1) is 16.7. The summed E-state index contributed by atoms with van der Waals surface area (Å²) in [6, 6.07) is 6.46. The van der Waals surface area contributed by atoms with E-state index in [4.69, 9.17) is 11.6 Å². The Morgan fingerprint density at radius 3 is 2.72 bits per heavy atom. The van der Waals surface area contributed by atoms with E-state index in [2.05, 4.69) is 40.9 Å². The average Bonchev–Trinajstić information content (AvgIpc) is 3.02. The Balaban J connectivity index is 1.85. The molecule has 4 rings (SSSR count). The van der Waals surface area contributed by atoms with Crippen molar-refractivity contribution in [3.05, 3.63) is 41.1 Å². The third-order valence-corrected chi connectivity index (χ3v) is 6.00. The van der Waals surface area contributed by atoms with Gasteiger partial charge in [-0.2, -0.15) is 0 Å². The Morgan fingerprint density at radius 1 is 1.24 bits per heavy atom. The van der Waals surface area contributed by atoms with Gasteiger partial charge in [-0.15, -0.1) is 0 Å². The molecule has 4 nitrogen and oxygen atoms in total. The van der Waals surface area contributed by atoms with Crippen LogP contribution in [0.3, 0.4) is 0 Å². The number of carbonyl (C=O) groups is 1. The first-order valence-electron chi connectivity index (χ1n) is 9.03. The van der Waals surface area contributed by atoms with Crippen LogP contribution in [0.15, 0.2) is 30.5 Å². The van der Waals surface area contributed by atoms with Crippen LogP contribution in [0.1, 0.15) is 19.4 Å². The summed E-state index contributed by atoms with van der Waals surface area (Å²) in [6.07, 6.45) is 4.32. The maximum Gasteiger partial charge on any atom is 0.230 e. The van der Waals surface area contributed by atoms with Gasteiger partial charge < -0.3 is 9.47 Å². The summed E-state index contributed by atoms with van der Waals surface area (Å²) in [4.78, 5) is 17.1. The molecule has 3 heterocycles. The number of benzene rings is 1. The van der Waals surface area contributed by atoms with Crippen molar-refractivity contribution >= 4 is 34.0 Å². The van der Waals surface area contributed by atoms with Gasteiger partial charge in [0.25, 0.3) is 0 Å². The first-order chi connectivity index (χ1) is 12.0. The van der Waals surface area contributed by atoms with E-state index in [9.17, 15) is 4.79 Å². The summed E-state index contributed by atoms with van der Waals surface area (Å²) in [6.45, 7) is 7.24. The van der Waals surface area contributed by atoms with E-state index in [1.807, 2.05) is 24.8 Å². The average molecular weight is 358 g/mol. The molecule has 1 amide bonds. The predicted octanol–water partition coefficient (Wildman–Crippen LogP) is 3.49. The molecule has 5 heteroatoms. The van der Waals surface area contributed by atoms with Gasteiger partial charge in [-0.05, 0) is 38.6 Å². The fraction of sp³-hybridized carbons (Fsp3) is 0.450. The number of hydrogen-bond acceptors (Lipinski definition) is 2. The van der Waals surface area contributed by atoms with Gasteiger partial charge in [0.05, 0.1) is 22.5 Å². The van der Waals surface area contributed by atoms with Gasteiger partial charge in [-0.3, -0.25) is 9.69 Å². The summed E-state index contributed by atoms with van der Waals surface area (Å²) in [5, 5.41) is 1.98. The van der Waals surface area contributed by atoms with Gasteiger partial charge in [-0.1, -0.05) is 23.7 Å². The molecule has 0 spiro atoms. The van der Waals surface area contributed by atoms with Crippen LogP contribution in [-0.4, -0.2) is 53.0 Å². The summed E-state index contributed by atoms with van der Waals surface area (Å²) in [5.74, 6) is 0.107. The topological polar surface area (TPSA) is 28.5 Å². The van der Waals surface area contributed by atoms with Crippen LogP contribution in [0.5, 0.6) is 0 Å². The van der Waals surface area contributed by atoms with E-state index in [1.165, 1.54) is 16.5 Å². The molecule has 2 aliphatic heterocycles. The van der Waals surface area contributed by atoms with Gasteiger partial charge in [0, 0.05) is 43.3 Å². The number of carbonyl (C=O) groups excluding carboxylic acids is 1. The largest absolute Gasteiger partial charge is 0.345 e. The summed E-state index contributed by atoms with van der Waals surface area (Å²) in [7, 11) is 2.11. The van der Waals surface area contributed by atoms with Crippen LogP contribution in [0.25, 0.3) is 16.5 Å². The molecule has 2 aliphatic rings. The van der Waals surface area contributed by atoms with E-state index < -0.39 is 0 Å². The molecule has 1 aromatic carbocycles. The minimum atomic E-state index is -0.107. The third kappa shape index (κ3) is 2.51. The minimum absolute atomic E-state index is 0.107. The number of likely N-dealkylation sites (N-methyl/N-ethyl adjacent to an activating group) is 1. The number of aromatic nitrogens is 1. The highest BCUT2D eigenvalue weighted by Gasteiger charge is 2.37. The fourth-order valence-electron chi connectivity index (χ4n) is 4.35. The molecule has 0 bridgehead atoms. The Labute approximate surface area is 153 Å². The lowest BCUT2D eigenvalue weighted by Gasteiger charge is -2.41. The van der Waals surface area contributed by atoms with Crippen molar-refractivity contribution in [2.45, 2.75) is 26.4 Å². The Morgan fingerprint density at radius 2 is 2.00 bits per heavy atom. The van der Waals surface area contributed by atoms with Crippen molar-refractivity contribution in [3.8, 4) is 0 Å². The van der Waals surface area contributed by atoms with Crippen molar-refractivity contribution in [1.29, 1.82) is 0 Å². The molecular weight excluding hydrogens is 334 g/mol. The van der Waals surface area contributed by atoms with Crippen molar-refractivity contribution < 1.29 is 4.79 Å². The van der Waals surface area contributed by atoms with Crippen molar-refractivity contribution in [3.63, 3.8) is 0 Å². The van der Waals surface area contributed by atoms with Crippen LogP contribution in [0.4, 0.5) is 0 Å². The van der Waals surface area contributed by atoms with Crippen LogP contribution < -0.4 is 0 Å². The molecule has 0 saturated carbocycles. The van der Waals surface area contributed by atoms with E-state index in [1.54, 1.807) is 0 Å². The van der Waals surface area contributed by atoms with Crippen LogP contribution in [-0.2, 0) is 11.3 Å². The quantitative estimate of drug-likeness (QED) is 0.841. The normalized spacial score (nSPS) is 22.6. The number of hydrogen-bond donors (Lipinski definition) is 0. The maximum absolute atomic E-state index is 12.9. The van der Waals surface area contributed by atoms with E-state index >= 15 is 0 Å². The second kappa shape index (κ2) is 6.19. The van der Waals surface area contributed by atoms with Crippen molar-refractivity contribution in [2.75, 3.05) is 26.7 Å². The minimum Gasteiger partial charge on any atom is -0.345 e. The summed E-state index contributed by atoms with van der Waals surface area (Å²) >= 11 is 6.61. The van der Waals surface area contributed by atoms with Crippen LogP contribution in [0, 0.1) is 5.92 Å². The molecule has 0 N–H and O–H groups in total. The highest BCUT2D eigenvalue weighted by atomic mass is 35.5. The van der Waals surface area contributed by atoms with Crippen LogP contribution >= 0.6 is 11.6 Å². The zero-order valence-corrected chi connectivity index (χ0v) is 15.8. The zero-order chi connectivity index (χ0) is 17.7. The van der Waals surface area contributed by atoms with Crippen molar-refractivity contribution in [2.24, 2.45) is 5.92 Å². The number of amides is 1. The lowest BCUT2D eigenvalue weighted by molar-refractivity contribution is -0.134. The Bertz CT molecular complexity index is 865. The molecule has 1 aromatic heterocycles. The molecule has 132 valence electrons. The SMILES string of the molecule is CCN(CC)C(=O)C1C=C2c3c(Cl)ccc4ccn(c34)CC2N(C)C1. The first-order valence-corrected chi connectivity index (χ1v) is 9.41. The molecule has 0 fully saturated rings. The lowest BCUT2D eigenvalue weighted by atomic mass is 9.85. The molecular formula is C20H24ClN3O. The van der Waals surface area contributed by atoms with Gasteiger partial charge in [0.2, 0.25) is 5.91 Å². The highest BCUT2D eigenvalue weighted by Crippen LogP contribution is 2.42. The smallest absolute Gasteiger partial charge is 0.230 e. The van der Waals surface area contributed by atoms with Gasteiger partial charge in [-0.25, -0.2) is 0 Å². The summed E-state index contributed by atoms with van der Waals surface area (Å²) in [5.41, 5.74) is 3.50. The number of halogens is 1. The predicted molar refractivity (Wildman–Crippen MR) is 103 cm³/mol. The highest BCUT2D eigenvalue weighted by molar-refractivity contribution is 6.33. The Kier molecular flexibility index (Phi) is 4.13. The standard InChI is InChI=1S/C20H24ClN3O/c1-4-23(5-2)20(25)14-10-15-17(22(3)11-14)12-24-9-8-13-6-7-16(21)18(15)19(13)24/h6-10,14,17H,4-5,11-12H2,1-3H3. The van der Waals surface area contributed by atoms with Gasteiger partial charge in [0.15, 0.2) is 0 Å². The summed E-state index contributed by atoms with van der Waals surface area (Å²) < 4.78 is 2.29. The second-order valence-electron chi connectivity index (χ2n) is 7.02. The maximum atomic E-state index is 12.9. The zero-order valence-electron chi connectivity index (χ0n) is 15.0. The lowest BCUT2D eigenvalue weighted by Crippen LogP contribution is -2.48. The number of fused-ring (bicyclic) bond motifs is 2. The monoisotopic (exact) mass is 357 g/mol. The molecule has 0 aliphatic carbocycles. The molecule has 2 aromatic rings. The molecule has 0 saturated heterocycles. The van der Waals surface area contributed by atoms with Gasteiger partial charge >= 0.3 is 0 Å². The molecule has 2 atom stereocenters. The second-order valence-corrected chi connectivity index (χ2v) is 7.43. The number of nitrogens with zero attached hydrogens (tertiary/aromatic N) is 3. The number of rotatable bonds is 3. The molecule has 25 heavy (non-hydrogen) atoms. The Hall–Kier alpha value is -1.78. The van der Waals surface area contributed by atoms with Crippen LogP contribution in [0.2, 0.25) is 5.02 Å². The van der Waals surface area contributed by atoms with E-state index in [-0.39, 0.29) is 17.9 Å². The van der Waals surface area contributed by atoms with E-state index in [0.717, 1.165) is 36.8 Å². The van der Waals surface area contributed by atoms with Gasteiger partial charge in [0.1, 0.15) is 0 Å². The molecule has 2 unspecified atom stereocenters. The van der Waals surface area contributed by atoms with E-state index in [0.29, 0.717) is 0 Å². The third-order valence-electron chi connectivity index (χ3n) is 5.69. The fourth-order valence-corrected chi connectivity index (χ4v) is 4.61. The van der Waals surface area contributed by atoms with Crippen molar-refractivity contribution in [1.82, 2.24) is 14.4 Å².